The van der Waals surface area contributed by atoms with Gasteiger partial charge in [0.25, 0.3) is 5.91 Å². The van der Waals surface area contributed by atoms with Crippen molar-refractivity contribution in [3.05, 3.63) is 29.3 Å². The van der Waals surface area contributed by atoms with E-state index >= 15 is 0 Å². The van der Waals surface area contributed by atoms with Gasteiger partial charge in [0, 0.05) is 41.4 Å². The fourth-order valence-electron chi connectivity index (χ4n) is 2.71. The van der Waals surface area contributed by atoms with E-state index in [-0.39, 0.29) is 5.91 Å². The Bertz CT molecular complexity index is 479. The highest BCUT2D eigenvalue weighted by Gasteiger charge is 2.26. The predicted molar refractivity (Wildman–Crippen MR) is 87.8 cm³/mol. The summed E-state index contributed by atoms with van der Waals surface area (Å²) in [6.45, 7) is 11.1. The number of nitrogens with zero attached hydrogens (tertiary/aromatic N) is 1. The summed E-state index contributed by atoms with van der Waals surface area (Å²) < 4.78 is 0. The molecule has 20 heavy (non-hydrogen) atoms. The van der Waals surface area contributed by atoms with Crippen LogP contribution in [0.15, 0.2) is 18.2 Å². The zero-order valence-electron chi connectivity index (χ0n) is 12.8. The lowest BCUT2D eigenvalue weighted by Gasteiger charge is -2.34. The number of anilines is 1. The van der Waals surface area contributed by atoms with Crippen molar-refractivity contribution in [2.75, 3.05) is 25.0 Å². The molecule has 0 saturated carbocycles. The maximum absolute atomic E-state index is 12.6. The van der Waals surface area contributed by atoms with Gasteiger partial charge in [0.05, 0.1) is 0 Å². The summed E-state index contributed by atoms with van der Waals surface area (Å²) in [7, 11) is 0. The molecule has 1 N–H and O–H groups in total. The standard InChI is InChI=1S/C16H24N2OS/c1-5-17-15-7-6-14(8-11(15)2)16(19)18-9-12(3)20-13(4)10-18/h6-8,12-13,17H,5,9-10H2,1-4H3. The summed E-state index contributed by atoms with van der Waals surface area (Å²) in [5.41, 5.74) is 3.04. The van der Waals surface area contributed by atoms with Gasteiger partial charge in [0.1, 0.15) is 0 Å². The summed E-state index contributed by atoms with van der Waals surface area (Å²) in [6, 6.07) is 5.94. The molecule has 110 valence electrons. The highest BCUT2D eigenvalue weighted by molar-refractivity contribution is 8.00. The third-order valence-electron chi connectivity index (χ3n) is 3.55. The number of nitrogens with one attached hydrogen (secondary N) is 1. The number of amides is 1. The molecule has 1 saturated heterocycles. The third-order valence-corrected chi connectivity index (χ3v) is 4.77. The van der Waals surface area contributed by atoms with E-state index < -0.39 is 0 Å². The number of aryl methyl sites for hydroxylation is 1. The fraction of sp³-hybridized carbons (Fsp3) is 0.562. The van der Waals surface area contributed by atoms with Crippen molar-refractivity contribution in [2.24, 2.45) is 0 Å². The van der Waals surface area contributed by atoms with Gasteiger partial charge < -0.3 is 10.2 Å². The SMILES string of the molecule is CCNc1ccc(C(=O)N2CC(C)SC(C)C2)cc1C. The van der Waals surface area contributed by atoms with Gasteiger partial charge >= 0.3 is 0 Å². The molecule has 2 unspecified atom stereocenters. The Hall–Kier alpha value is -1.16. The molecule has 1 aromatic carbocycles. The first-order valence-corrected chi connectivity index (χ1v) is 8.24. The second-order valence-electron chi connectivity index (χ2n) is 5.53. The van der Waals surface area contributed by atoms with E-state index in [9.17, 15) is 4.79 Å². The molecule has 3 nitrogen and oxygen atoms in total. The monoisotopic (exact) mass is 292 g/mol. The molecule has 2 atom stereocenters. The maximum atomic E-state index is 12.6. The van der Waals surface area contributed by atoms with Crippen molar-refractivity contribution in [3.8, 4) is 0 Å². The number of rotatable bonds is 3. The van der Waals surface area contributed by atoms with E-state index in [1.54, 1.807) is 0 Å². The minimum Gasteiger partial charge on any atom is -0.385 e. The van der Waals surface area contributed by atoms with Gasteiger partial charge in [-0.05, 0) is 37.6 Å². The van der Waals surface area contributed by atoms with Crippen LogP contribution in [0, 0.1) is 6.92 Å². The molecule has 1 aliphatic heterocycles. The summed E-state index contributed by atoms with van der Waals surface area (Å²) in [5.74, 6) is 0.162. The summed E-state index contributed by atoms with van der Waals surface area (Å²) in [4.78, 5) is 14.6. The van der Waals surface area contributed by atoms with Crippen molar-refractivity contribution in [2.45, 2.75) is 38.2 Å². The average Bonchev–Trinajstić information content (AvgIpc) is 2.39. The molecule has 1 amide bonds. The number of carbonyl (C=O) groups is 1. The van der Waals surface area contributed by atoms with Crippen LogP contribution < -0.4 is 5.32 Å². The number of benzene rings is 1. The van der Waals surface area contributed by atoms with Crippen LogP contribution in [0.1, 0.15) is 36.7 Å². The second kappa shape index (κ2) is 6.53. The van der Waals surface area contributed by atoms with Crippen LogP contribution in [0.25, 0.3) is 0 Å². The number of thioether (sulfide) groups is 1. The van der Waals surface area contributed by atoms with Gasteiger partial charge in [-0.15, -0.1) is 0 Å². The van der Waals surface area contributed by atoms with Crippen LogP contribution in [0.5, 0.6) is 0 Å². The molecular weight excluding hydrogens is 268 g/mol. The minimum atomic E-state index is 0.162. The Kier molecular flexibility index (Phi) is 4.97. The Morgan fingerprint density at radius 2 is 2.00 bits per heavy atom. The molecule has 1 aromatic rings. The lowest BCUT2D eigenvalue weighted by molar-refractivity contribution is 0.0753. The van der Waals surface area contributed by atoms with Crippen LogP contribution in [-0.4, -0.2) is 40.9 Å². The predicted octanol–water partition coefficient (Wildman–Crippen LogP) is 3.39. The second-order valence-corrected chi connectivity index (χ2v) is 7.41. The minimum absolute atomic E-state index is 0.162. The topological polar surface area (TPSA) is 32.3 Å². The zero-order valence-corrected chi connectivity index (χ0v) is 13.6. The third kappa shape index (κ3) is 3.48. The van der Waals surface area contributed by atoms with Gasteiger partial charge in [-0.2, -0.15) is 11.8 Å². The van der Waals surface area contributed by atoms with Crippen molar-refractivity contribution in [3.63, 3.8) is 0 Å². The van der Waals surface area contributed by atoms with E-state index in [0.29, 0.717) is 10.5 Å². The van der Waals surface area contributed by atoms with Crippen LogP contribution >= 0.6 is 11.8 Å². The quantitative estimate of drug-likeness (QED) is 0.927. The molecular formula is C16H24N2OS. The van der Waals surface area contributed by atoms with E-state index in [1.807, 2.05) is 41.8 Å². The van der Waals surface area contributed by atoms with Crippen LogP contribution in [0.3, 0.4) is 0 Å². The fourth-order valence-corrected chi connectivity index (χ4v) is 4.04. The Morgan fingerprint density at radius 1 is 1.35 bits per heavy atom. The molecule has 4 heteroatoms. The van der Waals surface area contributed by atoms with E-state index in [4.69, 9.17) is 0 Å². The van der Waals surface area contributed by atoms with Gasteiger partial charge in [-0.25, -0.2) is 0 Å². The van der Waals surface area contributed by atoms with Gasteiger partial charge in [-0.1, -0.05) is 13.8 Å². The molecule has 1 heterocycles. The van der Waals surface area contributed by atoms with Gasteiger partial charge in [0.15, 0.2) is 0 Å². The number of carbonyl (C=O) groups excluding carboxylic acids is 1. The lowest BCUT2D eigenvalue weighted by Crippen LogP contribution is -2.44. The molecule has 0 aliphatic carbocycles. The van der Waals surface area contributed by atoms with Crippen molar-refractivity contribution in [1.82, 2.24) is 4.90 Å². The Balaban J connectivity index is 2.14. The van der Waals surface area contributed by atoms with E-state index in [2.05, 4.69) is 26.1 Å². The molecule has 2 rings (SSSR count). The highest BCUT2D eigenvalue weighted by Crippen LogP contribution is 2.26. The summed E-state index contributed by atoms with van der Waals surface area (Å²) >= 11 is 1.97. The molecule has 0 spiro atoms. The molecule has 1 fully saturated rings. The molecule has 0 radical (unpaired) electrons. The lowest BCUT2D eigenvalue weighted by atomic mass is 10.1. The largest absolute Gasteiger partial charge is 0.385 e. The van der Waals surface area contributed by atoms with Crippen LogP contribution in [0.4, 0.5) is 5.69 Å². The Morgan fingerprint density at radius 3 is 2.55 bits per heavy atom. The number of hydrogen-bond donors (Lipinski definition) is 1. The van der Waals surface area contributed by atoms with E-state index in [1.165, 1.54) is 0 Å². The van der Waals surface area contributed by atoms with Crippen molar-refractivity contribution in [1.29, 1.82) is 0 Å². The average molecular weight is 292 g/mol. The van der Waals surface area contributed by atoms with Crippen LogP contribution in [0.2, 0.25) is 0 Å². The first-order chi connectivity index (χ1) is 9.51. The van der Waals surface area contributed by atoms with Crippen molar-refractivity contribution < 1.29 is 4.79 Å². The van der Waals surface area contributed by atoms with Crippen molar-refractivity contribution >= 4 is 23.4 Å². The smallest absolute Gasteiger partial charge is 0.253 e. The number of hydrogen-bond acceptors (Lipinski definition) is 3. The zero-order chi connectivity index (χ0) is 14.7. The Labute approximate surface area is 126 Å². The first kappa shape index (κ1) is 15.2. The van der Waals surface area contributed by atoms with Gasteiger partial charge in [0.2, 0.25) is 0 Å². The van der Waals surface area contributed by atoms with Crippen LogP contribution in [-0.2, 0) is 0 Å². The first-order valence-electron chi connectivity index (χ1n) is 7.30. The van der Waals surface area contributed by atoms with E-state index in [0.717, 1.165) is 36.4 Å². The highest BCUT2D eigenvalue weighted by atomic mass is 32.2. The molecule has 0 bridgehead atoms. The van der Waals surface area contributed by atoms with Gasteiger partial charge in [-0.3, -0.25) is 4.79 Å². The molecule has 0 aromatic heterocycles. The summed E-state index contributed by atoms with van der Waals surface area (Å²) in [6.07, 6.45) is 0. The molecule has 1 aliphatic rings. The normalized spacial score (nSPS) is 22.7. The summed E-state index contributed by atoms with van der Waals surface area (Å²) in [5, 5.41) is 4.34. The maximum Gasteiger partial charge on any atom is 0.253 e.